The van der Waals surface area contributed by atoms with Crippen molar-refractivity contribution in [3.63, 3.8) is 0 Å². The van der Waals surface area contributed by atoms with Crippen LogP contribution in [0.4, 0.5) is 0 Å². The van der Waals surface area contributed by atoms with Crippen LogP contribution in [0.15, 0.2) is 60.7 Å². The van der Waals surface area contributed by atoms with Gasteiger partial charge >= 0.3 is 0 Å². The minimum absolute atomic E-state index is 1.41. The van der Waals surface area contributed by atoms with Crippen molar-refractivity contribution in [1.82, 2.24) is 4.67 Å². The smallest absolute Gasteiger partial charge is 0.144 e. The van der Waals surface area contributed by atoms with Crippen molar-refractivity contribution in [2.24, 2.45) is 0 Å². The van der Waals surface area contributed by atoms with Gasteiger partial charge in [0.05, 0.1) is 6.66 Å². The minimum atomic E-state index is -1.41. The lowest BCUT2D eigenvalue weighted by Gasteiger charge is -2.28. The van der Waals surface area contributed by atoms with E-state index in [1.54, 1.807) is 0 Å². The Kier molecular flexibility index (Phi) is 3.61. The third kappa shape index (κ3) is 2.26. The largest absolute Gasteiger partial charge is 0.177 e. The monoisotopic (exact) mass is 244 g/mol. The second kappa shape index (κ2) is 5.00. The van der Waals surface area contributed by atoms with Gasteiger partial charge in [-0.1, -0.05) is 36.4 Å². The highest BCUT2D eigenvalue weighted by molar-refractivity contribution is 7.86. The quantitative estimate of drug-likeness (QED) is 0.750. The molecule has 0 aliphatic carbocycles. The Bertz CT molecular complexity index is 425. The summed E-state index contributed by atoms with van der Waals surface area (Å²) in [7, 11) is 2.94. The average Bonchev–Trinajstić information content (AvgIpc) is 2.39. The molecule has 0 aromatic heterocycles. The molecule has 0 unspecified atom stereocenters. The van der Waals surface area contributed by atoms with E-state index in [9.17, 15) is 0 Å². The zero-order chi connectivity index (χ0) is 12.3. The molecular formula is C15H19NP+. The molecular weight excluding hydrogens is 225 g/mol. The van der Waals surface area contributed by atoms with E-state index < -0.39 is 7.41 Å². The van der Waals surface area contributed by atoms with Crippen molar-refractivity contribution < 1.29 is 0 Å². The van der Waals surface area contributed by atoms with Gasteiger partial charge in [-0.05, 0) is 24.3 Å². The lowest BCUT2D eigenvalue weighted by atomic mass is 10.4. The predicted molar refractivity (Wildman–Crippen MR) is 78.7 cm³/mol. The molecule has 0 amide bonds. The Morgan fingerprint density at radius 1 is 0.706 bits per heavy atom. The van der Waals surface area contributed by atoms with E-state index in [4.69, 9.17) is 0 Å². The zero-order valence-electron chi connectivity index (χ0n) is 10.7. The fraction of sp³-hybridized carbons (Fsp3) is 0.200. The highest BCUT2D eigenvalue weighted by Crippen LogP contribution is 2.54. The molecule has 2 heteroatoms. The molecule has 0 atom stereocenters. The van der Waals surface area contributed by atoms with E-state index in [2.05, 4.69) is 86.1 Å². The molecule has 0 aliphatic rings. The molecule has 0 heterocycles. The second-order valence-corrected chi connectivity index (χ2v) is 8.23. The number of nitrogens with zero attached hydrogens (tertiary/aromatic N) is 1. The third-order valence-corrected chi connectivity index (χ3v) is 7.53. The van der Waals surface area contributed by atoms with Gasteiger partial charge in [0.2, 0.25) is 0 Å². The van der Waals surface area contributed by atoms with Gasteiger partial charge in [0, 0.05) is 14.1 Å². The predicted octanol–water partition coefficient (Wildman–Crippen LogP) is 2.76. The Balaban J connectivity index is 2.55. The van der Waals surface area contributed by atoms with Gasteiger partial charge in [-0.2, -0.15) is 4.67 Å². The highest BCUT2D eigenvalue weighted by Gasteiger charge is 2.40. The first-order chi connectivity index (χ1) is 8.15. The van der Waals surface area contributed by atoms with Gasteiger partial charge in [0.1, 0.15) is 18.0 Å². The molecule has 0 aliphatic heterocycles. The molecule has 0 fully saturated rings. The lowest BCUT2D eigenvalue weighted by Crippen LogP contribution is -2.31. The fourth-order valence-corrected chi connectivity index (χ4v) is 4.77. The maximum Gasteiger partial charge on any atom is 0.144 e. The summed E-state index contributed by atoms with van der Waals surface area (Å²) >= 11 is 0. The van der Waals surface area contributed by atoms with Gasteiger partial charge < -0.3 is 0 Å². The standard InChI is InChI=1S/C15H19NP/c1-16(2)17(3,14-10-6-4-7-11-14)15-12-8-5-9-13-15/h4-13H,1-3H3/q+1. The van der Waals surface area contributed by atoms with Crippen LogP contribution in [-0.4, -0.2) is 25.4 Å². The van der Waals surface area contributed by atoms with Gasteiger partial charge in [0.15, 0.2) is 0 Å². The van der Waals surface area contributed by atoms with Gasteiger partial charge in [-0.25, -0.2) is 0 Å². The summed E-state index contributed by atoms with van der Waals surface area (Å²) < 4.78 is 2.37. The van der Waals surface area contributed by atoms with E-state index in [0.29, 0.717) is 0 Å². The van der Waals surface area contributed by atoms with Gasteiger partial charge in [-0.15, -0.1) is 0 Å². The van der Waals surface area contributed by atoms with Crippen LogP contribution in [0.25, 0.3) is 0 Å². The summed E-state index contributed by atoms with van der Waals surface area (Å²) in [6.07, 6.45) is 0. The highest BCUT2D eigenvalue weighted by atomic mass is 31.2. The maximum atomic E-state index is 2.37. The average molecular weight is 244 g/mol. The van der Waals surface area contributed by atoms with Crippen LogP contribution in [0.1, 0.15) is 0 Å². The summed E-state index contributed by atoms with van der Waals surface area (Å²) in [5, 5.41) is 2.85. The van der Waals surface area contributed by atoms with Crippen LogP contribution in [0.2, 0.25) is 0 Å². The number of rotatable bonds is 3. The van der Waals surface area contributed by atoms with Crippen LogP contribution >= 0.6 is 7.41 Å². The Morgan fingerprint density at radius 3 is 1.35 bits per heavy atom. The van der Waals surface area contributed by atoms with E-state index in [1.807, 2.05) is 0 Å². The Morgan fingerprint density at radius 2 is 1.06 bits per heavy atom. The molecule has 0 radical (unpaired) electrons. The summed E-state index contributed by atoms with van der Waals surface area (Å²) in [4.78, 5) is 0. The molecule has 17 heavy (non-hydrogen) atoms. The molecule has 2 rings (SSSR count). The molecule has 0 bridgehead atoms. The number of hydrogen-bond donors (Lipinski definition) is 0. The topological polar surface area (TPSA) is 3.24 Å². The minimum Gasteiger partial charge on any atom is -0.177 e. The van der Waals surface area contributed by atoms with Crippen molar-refractivity contribution in [2.75, 3.05) is 20.8 Å². The summed E-state index contributed by atoms with van der Waals surface area (Å²) in [6.45, 7) is 2.37. The molecule has 1 nitrogen and oxygen atoms in total. The van der Waals surface area contributed by atoms with Gasteiger partial charge in [0.25, 0.3) is 0 Å². The first kappa shape index (κ1) is 12.3. The van der Waals surface area contributed by atoms with Crippen LogP contribution in [-0.2, 0) is 0 Å². The SMILES string of the molecule is CN(C)[P+](C)(c1ccccc1)c1ccccc1. The van der Waals surface area contributed by atoms with E-state index in [1.165, 1.54) is 10.6 Å². The van der Waals surface area contributed by atoms with Crippen LogP contribution in [0.3, 0.4) is 0 Å². The Hall–Kier alpha value is -1.17. The third-order valence-electron chi connectivity index (χ3n) is 3.32. The molecule has 0 N–H and O–H groups in total. The van der Waals surface area contributed by atoms with Gasteiger partial charge in [-0.3, -0.25) is 0 Å². The summed E-state index contributed by atoms with van der Waals surface area (Å²) in [6, 6.07) is 21.6. The van der Waals surface area contributed by atoms with Crippen LogP contribution < -0.4 is 10.6 Å². The lowest BCUT2D eigenvalue weighted by molar-refractivity contribution is 0.678. The van der Waals surface area contributed by atoms with Crippen molar-refractivity contribution in [1.29, 1.82) is 0 Å². The summed E-state index contributed by atoms with van der Waals surface area (Å²) in [5.74, 6) is 0. The Labute approximate surface area is 104 Å². The molecule has 0 spiro atoms. The fourth-order valence-electron chi connectivity index (χ4n) is 2.05. The molecule has 0 saturated carbocycles. The molecule has 88 valence electrons. The van der Waals surface area contributed by atoms with E-state index >= 15 is 0 Å². The zero-order valence-corrected chi connectivity index (χ0v) is 11.6. The molecule has 0 saturated heterocycles. The van der Waals surface area contributed by atoms with E-state index in [-0.39, 0.29) is 0 Å². The first-order valence-electron chi connectivity index (χ1n) is 5.81. The van der Waals surface area contributed by atoms with Crippen molar-refractivity contribution in [3.8, 4) is 0 Å². The van der Waals surface area contributed by atoms with Crippen LogP contribution in [0.5, 0.6) is 0 Å². The summed E-state index contributed by atoms with van der Waals surface area (Å²) in [5.41, 5.74) is 0. The molecule has 2 aromatic carbocycles. The van der Waals surface area contributed by atoms with Crippen LogP contribution in [0, 0.1) is 0 Å². The maximum absolute atomic E-state index is 2.37. The molecule has 2 aromatic rings. The van der Waals surface area contributed by atoms with Crippen molar-refractivity contribution in [3.05, 3.63) is 60.7 Å². The van der Waals surface area contributed by atoms with E-state index in [0.717, 1.165) is 0 Å². The first-order valence-corrected chi connectivity index (χ1v) is 8.00. The van der Waals surface area contributed by atoms with Crippen molar-refractivity contribution in [2.45, 2.75) is 0 Å². The second-order valence-electron chi connectivity index (χ2n) is 4.48. The van der Waals surface area contributed by atoms with Crippen molar-refractivity contribution >= 4 is 18.0 Å². The number of hydrogen-bond acceptors (Lipinski definition) is 1. The normalized spacial score (nSPS) is 11.8. The number of benzene rings is 2.